The van der Waals surface area contributed by atoms with Crippen LogP contribution in [-0.4, -0.2) is 14.5 Å². The van der Waals surface area contributed by atoms with Gasteiger partial charge in [0.25, 0.3) is 0 Å². The van der Waals surface area contributed by atoms with E-state index in [1.165, 1.54) is 0 Å². The van der Waals surface area contributed by atoms with E-state index in [1.807, 2.05) is 36.8 Å². The third-order valence-electron chi connectivity index (χ3n) is 2.87. The van der Waals surface area contributed by atoms with Crippen molar-refractivity contribution in [1.82, 2.24) is 14.5 Å². The number of aromatic nitrogens is 3. The van der Waals surface area contributed by atoms with Crippen LogP contribution in [0.25, 0.3) is 11.4 Å². The molecule has 0 aliphatic rings. The lowest BCUT2D eigenvalue weighted by Crippen LogP contribution is -2.01. The zero-order valence-electron chi connectivity index (χ0n) is 10.2. The first-order valence-electron chi connectivity index (χ1n) is 5.99. The first kappa shape index (κ1) is 12.1. The molecule has 1 aromatic carbocycles. The van der Waals surface area contributed by atoms with Gasteiger partial charge in [-0.2, -0.15) is 0 Å². The van der Waals surface area contributed by atoms with Gasteiger partial charge >= 0.3 is 0 Å². The molecular weight excluding hydrogens is 302 g/mol. The van der Waals surface area contributed by atoms with Gasteiger partial charge in [0.2, 0.25) is 0 Å². The molecule has 0 amide bonds. The van der Waals surface area contributed by atoms with E-state index in [2.05, 4.69) is 48.7 Å². The average molecular weight is 314 g/mol. The largest absolute Gasteiger partial charge is 0.327 e. The van der Waals surface area contributed by atoms with E-state index in [1.54, 1.807) is 6.20 Å². The maximum atomic E-state index is 4.45. The molecule has 2 aromatic heterocycles. The summed E-state index contributed by atoms with van der Waals surface area (Å²) >= 11 is 3.49. The number of imidazole rings is 1. The predicted octanol–water partition coefficient (Wildman–Crippen LogP) is 3.76. The van der Waals surface area contributed by atoms with Crippen molar-refractivity contribution in [1.29, 1.82) is 0 Å². The molecule has 19 heavy (non-hydrogen) atoms. The van der Waals surface area contributed by atoms with Crippen molar-refractivity contribution in [3.63, 3.8) is 0 Å². The number of halogens is 1. The Morgan fingerprint density at radius 3 is 2.84 bits per heavy atom. The van der Waals surface area contributed by atoms with E-state index in [-0.39, 0.29) is 0 Å². The zero-order valence-corrected chi connectivity index (χ0v) is 11.8. The van der Waals surface area contributed by atoms with Gasteiger partial charge in [0, 0.05) is 34.8 Å². The van der Waals surface area contributed by atoms with Gasteiger partial charge in [0.15, 0.2) is 0 Å². The molecule has 0 bridgehead atoms. The summed E-state index contributed by atoms with van der Waals surface area (Å²) in [5, 5.41) is 0. The Morgan fingerprint density at radius 2 is 2.05 bits per heavy atom. The molecule has 3 aromatic rings. The van der Waals surface area contributed by atoms with Gasteiger partial charge in [-0.15, -0.1) is 0 Å². The van der Waals surface area contributed by atoms with Gasteiger partial charge in [-0.25, -0.2) is 4.98 Å². The van der Waals surface area contributed by atoms with Crippen LogP contribution in [0.5, 0.6) is 0 Å². The van der Waals surface area contributed by atoms with Gasteiger partial charge < -0.3 is 4.57 Å². The summed E-state index contributed by atoms with van der Waals surface area (Å²) in [4.78, 5) is 8.59. The molecule has 0 N–H and O–H groups in total. The molecule has 0 fully saturated rings. The van der Waals surface area contributed by atoms with Crippen LogP contribution in [0.15, 0.2) is 65.7 Å². The van der Waals surface area contributed by atoms with E-state index in [0.717, 1.165) is 28.0 Å². The van der Waals surface area contributed by atoms with Gasteiger partial charge in [-0.1, -0.05) is 34.1 Å². The van der Waals surface area contributed by atoms with E-state index in [9.17, 15) is 0 Å². The summed E-state index contributed by atoms with van der Waals surface area (Å²) < 4.78 is 3.18. The molecule has 0 atom stereocenters. The van der Waals surface area contributed by atoms with E-state index in [0.29, 0.717) is 0 Å². The molecule has 0 saturated carbocycles. The van der Waals surface area contributed by atoms with Crippen LogP contribution in [0.2, 0.25) is 0 Å². The van der Waals surface area contributed by atoms with Crippen molar-refractivity contribution >= 4 is 15.9 Å². The standard InChI is InChI=1S/C15H12BrN3/c16-14-5-1-4-13(9-14)15-18-7-8-19(15)11-12-3-2-6-17-10-12/h1-10H,11H2. The van der Waals surface area contributed by atoms with Crippen molar-refractivity contribution in [2.45, 2.75) is 6.54 Å². The highest BCUT2D eigenvalue weighted by molar-refractivity contribution is 9.10. The fourth-order valence-electron chi connectivity index (χ4n) is 2.01. The molecule has 0 saturated heterocycles. The highest BCUT2D eigenvalue weighted by Gasteiger charge is 2.06. The first-order chi connectivity index (χ1) is 9.33. The molecule has 0 unspecified atom stereocenters. The third-order valence-corrected chi connectivity index (χ3v) is 3.37. The second-order valence-corrected chi connectivity index (χ2v) is 5.17. The van der Waals surface area contributed by atoms with E-state index < -0.39 is 0 Å². The zero-order chi connectivity index (χ0) is 13.1. The molecular formula is C15H12BrN3. The van der Waals surface area contributed by atoms with Crippen molar-refractivity contribution in [2.75, 3.05) is 0 Å². The summed E-state index contributed by atoms with van der Waals surface area (Å²) in [6, 6.07) is 12.2. The van der Waals surface area contributed by atoms with Crippen LogP contribution in [0, 0.1) is 0 Å². The Kier molecular flexibility index (Phi) is 3.42. The van der Waals surface area contributed by atoms with Crippen LogP contribution in [-0.2, 0) is 6.54 Å². The van der Waals surface area contributed by atoms with Crippen molar-refractivity contribution in [3.8, 4) is 11.4 Å². The topological polar surface area (TPSA) is 30.7 Å². The summed E-state index contributed by atoms with van der Waals surface area (Å²) in [7, 11) is 0. The second-order valence-electron chi connectivity index (χ2n) is 4.25. The first-order valence-corrected chi connectivity index (χ1v) is 6.78. The van der Waals surface area contributed by atoms with E-state index in [4.69, 9.17) is 0 Å². The smallest absolute Gasteiger partial charge is 0.140 e. The van der Waals surface area contributed by atoms with Gasteiger partial charge in [-0.05, 0) is 23.8 Å². The Bertz CT molecular complexity index is 677. The Balaban J connectivity index is 1.95. The van der Waals surface area contributed by atoms with Gasteiger partial charge in [0.05, 0.1) is 6.54 Å². The number of hydrogen-bond donors (Lipinski definition) is 0. The van der Waals surface area contributed by atoms with Crippen molar-refractivity contribution in [2.24, 2.45) is 0 Å². The maximum absolute atomic E-state index is 4.45. The minimum atomic E-state index is 0.773. The normalized spacial score (nSPS) is 10.6. The Morgan fingerprint density at radius 1 is 1.11 bits per heavy atom. The molecule has 3 rings (SSSR count). The molecule has 0 aliphatic heterocycles. The fraction of sp³-hybridized carbons (Fsp3) is 0.0667. The number of hydrogen-bond acceptors (Lipinski definition) is 2. The van der Waals surface area contributed by atoms with Crippen LogP contribution < -0.4 is 0 Å². The summed E-state index contributed by atoms with van der Waals surface area (Å²) in [5.41, 5.74) is 2.26. The van der Waals surface area contributed by atoms with Crippen LogP contribution in [0.3, 0.4) is 0 Å². The van der Waals surface area contributed by atoms with Crippen molar-refractivity contribution in [3.05, 3.63) is 71.2 Å². The third kappa shape index (κ3) is 2.74. The lowest BCUT2D eigenvalue weighted by atomic mass is 10.2. The molecule has 94 valence electrons. The molecule has 0 aliphatic carbocycles. The fourth-order valence-corrected chi connectivity index (χ4v) is 2.41. The van der Waals surface area contributed by atoms with Crippen LogP contribution in [0.1, 0.15) is 5.56 Å². The number of pyridine rings is 1. The highest BCUT2D eigenvalue weighted by atomic mass is 79.9. The van der Waals surface area contributed by atoms with Crippen molar-refractivity contribution < 1.29 is 0 Å². The Hall–Kier alpha value is -1.94. The number of nitrogens with zero attached hydrogens (tertiary/aromatic N) is 3. The monoisotopic (exact) mass is 313 g/mol. The molecule has 3 nitrogen and oxygen atoms in total. The maximum Gasteiger partial charge on any atom is 0.140 e. The van der Waals surface area contributed by atoms with E-state index >= 15 is 0 Å². The minimum absolute atomic E-state index is 0.773. The predicted molar refractivity (Wildman–Crippen MR) is 78.7 cm³/mol. The molecule has 0 spiro atoms. The molecule has 4 heteroatoms. The summed E-state index contributed by atoms with van der Waals surface area (Å²) in [5.74, 6) is 0.963. The van der Waals surface area contributed by atoms with Crippen LogP contribution in [0.4, 0.5) is 0 Å². The lowest BCUT2D eigenvalue weighted by Gasteiger charge is -2.08. The van der Waals surface area contributed by atoms with Gasteiger partial charge in [0.1, 0.15) is 5.82 Å². The minimum Gasteiger partial charge on any atom is -0.327 e. The number of benzene rings is 1. The molecule has 0 radical (unpaired) electrons. The average Bonchev–Trinajstić information content (AvgIpc) is 2.88. The summed E-state index contributed by atoms with van der Waals surface area (Å²) in [6.45, 7) is 0.773. The quantitative estimate of drug-likeness (QED) is 0.737. The Labute approximate surface area is 120 Å². The van der Waals surface area contributed by atoms with Gasteiger partial charge in [-0.3, -0.25) is 4.98 Å². The summed E-state index contributed by atoms with van der Waals surface area (Å²) in [6.07, 6.45) is 7.48. The number of rotatable bonds is 3. The van der Waals surface area contributed by atoms with Crippen LogP contribution >= 0.6 is 15.9 Å². The lowest BCUT2D eigenvalue weighted by molar-refractivity contribution is 0.803. The molecule has 2 heterocycles. The second kappa shape index (κ2) is 5.36. The highest BCUT2D eigenvalue weighted by Crippen LogP contribution is 2.22. The SMILES string of the molecule is Brc1cccc(-c2nccn2Cc2cccnc2)c1.